The quantitative estimate of drug-likeness (QED) is 0.169. The SMILES string of the molecule is CC(C)(C)CC(=O)OC[C@H](c1ccc(Cl)c(-c2ncn[nH]2)c1)N1C(=O)[C@@](CC(C)(C)C)(c2ccc(-c3cn(C(F)F)cn3)cc2F)N=C1N. The van der Waals surface area contributed by atoms with Gasteiger partial charge in [-0.2, -0.15) is 13.9 Å². The van der Waals surface area contributed by atoms with Crippen molar-refractivity contribution in [3.63, 3.8) is 0 Å². The summed E-state index contributed by atoms with van der Waals surface area (Å²) in [5.74, 6) is -1.76. The van der Waals surface area contributed by atoms with Crippen LogP contribution in [-0.4, -0.2) is 54.1 Å². The number of benzene rings is 2. The third-order valence-electron chi connectivity index (χ3n) is 7.88. The lowest BCUT2D eigenvalue weighted by Crippen LogP contribution is -2.47. The molecule has 0 unspecified atom stereocenters. The van der Waals surface area contributed by atoms with Gasteiger partial charge in [0.1, 0.15) is 18.8 Å². The minimum absolute atomic E-state index is 0.0484. The Labute approximate surface area is 286 Å². The molecule has 2 aromatic heterocycles. The monoisotopic (exact) mass is 698 g/mol. The van der Waals surface area contributed by atoms with Crippen LogP contribution in [0.2, 0.25) is 5.02 Å². The fourth-order valence-corrected chi connectivity index (χ4v) is 6.11. The Kier molecular flexibility index (Phi) is 9.66. The van der Waals surface area contributed by atoms with E-state index in [0.29, 0.717) is 26.5 Å². The number of aliphatic imine (C=N–C) groups is 1. The number of aromatic amines is 1. The highest BCUT2D eigenvalue weighted by molar-refractivity contribution is 6.33. The highest BCUT2D eigenvalue weighted by Crippen LogP contribution is 2.46. The van der Waals surface area contributed by atoms with Gasteiger partial charge in [-0.25, -0.2) is 19.4 Å². The van der Waals surface area contributed by atoms with E-state index in [0.717, 1.165) is 18.6 Å². The number of nitrogens with one attached hydrogen (secondary N) is 1. The molecule has 2 atom stereocenters. The molecule has 2 aromatic carbocycles. The maximum atomic E-state index is 16.2. The largest absolute Gasteiger partial charge is 0.463 e. The van der Waals surface area contributed by atoms with Crippen LogP contribution in [0, 0.1) is 16.6 Å². The summed E-state index contributed by atoms with van der Waals surface area (Å²) in [5.41, 5.74) is 5.08. The number of alkyl halides is 2. The van der Waals surface area contributed by atoms with Crippen LogP contribution >= 0.6 is 11.6 Å². The van der Waals surface area contributed by atoms with Crippen molar-refractivity contribution in [2.45, 2.75) is 72.5 Å². The first-order chi connectivity index (χ1) is 22.9. The van der Waals surface area contributed by atoms with Crippen molar-refractivity contribution in [2.24, 2.45) is 21.6 Å². The average Bonchev–Trinajstić information content (AvgIpc) is 3.74. The van der Waals surface area contributed by atoms with E-state index in [1.807, 2.05) is 41.5 Å². The molecule has 0 saturated carbocycles. The standard InChI is InChI=1S/C34H38ClF3N8O3/c1-32(2,3)13-27(47)49-15-26(20-8-10-23(35)21(11-20)28-40-17-42-44-28)46-29(48)34(43-31(46)39,16-33(4,5)6)22-9-7-19(12-24(22)36)25-14-45(18-41-25)30(37)38/h7-12,14,17-18,26,30H,13,15-16H2,1-6H3,(H2,39,43)(H,40,42,44)/t26-,34-/m1/s1. The van der Waals surface area contributed by atoms with Gasteiger partial charge in [0, 0.05) is 22.9 Å². The van der Waals surface area contributed by atoms with E-state index in [1.54, 1.807) is 18.2 Å². The van der Waals surface area contributed by atoms with E-state index in [4.69, 9.17) is 22.1 Å². The number of hydrogen-bond donors (Lipinski definition) is 2. The number of aromatic nitrogens is 5. The van der Waals surface area contributed by atoms with Crippen LogP contribution in [0.5, 0.6) is 0 Å². The maximum Gasteiger partial charge on any atom is 0.319 e. The first-order valence-corrected chi connectivity index (χ1v) is 15.9. The molecule has 5 rings (SSSR count). The number of H-pyrrole nitrogens is 1. The summed E-state index contributed by atoms with van der Waals surface area (Å²) < 4.78 is 48.9. The number of nitrogens with zero attached hydrogens (tertiary/aromatic N) is 6. The molecule has 1 amide bonds. The molecule has 49 heavy (non-hydrogen) atoms. The number of rotatable bonds is 10. The predicted molar refractivity (Wildman–Crippen MR) is 178 cm³/mol. The Balaban J connectivity index is 1.59. The maximum absolute atomic E-state index is 16.2. The third-order valence-corrected chi connectivity index (χ3v) is 8.21. The van der Waals surface area contributed by atoms with Gasteiger partial charge in [0.2, 0.25) is 0 Å². The minimum Gasteiger partial charge on any atom is -0.463 e. The molecule has 0 saturated heterocycles. The van der Waals surface area contributed by atoms with Crippen LogP contribution in [0.3, 0.4) is 0 Å². The Morgan fingerprint density at radius 2 is 1.82 bits per heavy atom. The first kappa shape index (κ1) is 35.6. The zero-order valence-electron chi connectivity index (χ0n) is 28.0. The zero-order chi connectivity index (χ0) is 35.9. The number of ether oxygens (including phenoxy) is 1. The van der Waals surface area contributed by atoms with Gasteiger partial charge in [0.15, 0.2) is 17.3 Å². The van der Waals surface area contributed by atoms with Gasteiger partial charge >= 0.3 is 12.5 Å². The van der Waals surface area contributed by atoms with Gasteiger partial charge in [-0.1, -0.05) is 71.3 Å². The van der Waals surface area contributed by atoms with Crippen molar-refractivity contribution >= 4 is 29.4 Å². The second-order valence-corrected chi connectivity index (χ2v) is 14.8. The summed E-state index contributed by atoms with van der Waals surface area (Å²) in [6.07, 6.45) is 3.54. The van der Waals surface area contributed by atoms with E-state index in [1.165, 1.54) is 23.4 Å². The predicted octanol–water partition coefficient (Wildman–Crippen LogP) is 7.03. The van der Waals surface area contributed by atoms with Crippen LogP contribution in [0.15, 0.2) is 60.2 Å². The fraction of sp³-hybridized carbons (Fsp3) is 0.412. The van der Waals surface area contributed by atoms with Gasteiger partial charge in [-0.05, 0) is 41.0 Å². The lowest BCUT2D eigenvalue weighted by Gasteiger charge is -2.35. The van der Waals surface area contributed by atoms with Crippen molar-refractivity contribution in [3.8, 4) is 22.6 Å². The molecule has 1 aliphatic heterocycles. The Morgan fingerprint density at radius 3 is 2.41 bits per heavy atom. The lowest BCUT2D eigenvalue weighted by molar-refractivity contribution is -0.149. The van der Waals surface area contributed by atoms with E-state index in [-0.39, 0.29) is 47.6 Å². The van der Waals surface area contributed by atoms with Gasteiger partial charge in [-0.3, -0.25) is 24.2 Å². The van der Waals surface area contributed by atoms with Gasteiger partial charge in [-0.15, -0.1) is 0 Å². The summed E-state index contributed by atoms with van der Waals surface area (Å²) in [6, 6.07) is 8.00. The molecule has 11 nitrogen and oxygen atoms in total. The summed E-state index contributed by atoms with van der Waals surface area (Å²) >= 11 is 6.51. The van der Waals surface area contributed by atoms with Crippen LogP contribution in [0.1, 0.15) is 78.1 Å². The number of carbonyl (C=O) groups excluding carboxylic acids is 2. The number of imidazole rings is 1. The van der Waals surface area contributed by atoms with Crippen LogP contribution < -0.4 is 5.73 Å². The number of guanidine groups is 1. The second-order valence-electron chi connectivity index (χ2n) is 14.4. The summed E-state index contributed by atoms with van der Waals surface area (Å²) in [5, 5.41) is 7.01. The summed E-state index contributed by atoms with van der Waals surface area (Å²) in [6.45, 7) is 8.23. The number of halogens is 4. The Bertz CT molecular complexity index is 1880. The highest BCUT2D eigenvalue weighted by Gasteiger charge is 2.54. The number of carbonyl (C=O) groups is 2. The van der Waals surface area contributed by atoms with Crippen molar-refractivity contribution in [1.29, 1.82) is 0 Å². The number of hydrogen-bond acceptors (Lipinski definition) is 8. The minimum atomic E-state index is -2.81. The normalized spacial score (nSPS) is 17.5. The molecule has 1 aliphatic rings. The second kappa shape index (κ2) is 13.3. The van der Waals surface area contributed by atoms with Crippen LogP contribution in [0.25, 0.3) is 22.6 Å². The number of nitrogens with two attached hydrogens (primary N) is 1. The van der Waals surface area contributed by atoms with Crippen molar-refractivity contribution in [2.75, 3.05) is 6.61 Å². The zero-order valence-corrected chi connectivity index (χ0v) is 28.7. The third kappa shape index (κ3) is 7.64. The number of amides is 1. The molecule has 0 aliphatic carbocycles. The van der Waals surface area contributed by atoms with Crippen molar-refractivity contribution in [1.82, 2.24) is 29.6 Å². The van der Waals surface area contributed by atoms with E-state index in [2.05, 4.69) is 25.2 Å². The molecule has 4 aromatic rings. The molecule has 15 heteroatoms. The molecule has 0 spiro atoms. The van der Waals surface area contributed by atoms with Crippen molar-refractivity contribution < 1.29 is 27.5 Å². The molecule has 3 heterocycles. The van der Waals surface area contributed by atoms with Gasteiger partial charge in [0.25, 0.3) is 5.91 Å². The fourth-order valence-electron chi connectivity index (χ4n) is 5.90. The number of esters is 1. The molecular formula is C34H38ClF3N8O3. The Hall–Kier alpha value is -4.72. The molecule has 0 fully saturated rings. The van der Waals surface area contributed by atoms with E-state index >= 15 is 4.39 Å². The highest BCUT2D eigenvalue weighted by atomic mass is 35.5. The van der Waals surface area contributed by atoms with Crippen LogP contribution in [-0.2, 0) is 19.9 Å². The van der Waals surface area contributed by atoms with Gasteiger partial charge < -0.3 is 10.5 Å². The molecule has 260 valence electrons. The van der Waals surface area contributed by atoms with Crippen molar-refractivity contribution in [3.05, 3.63) is 77.2 Å². The lowest BCUT2D eigenvalue weighted by atomic mass is 9.75. The van der Waals surface area contributed by atoms with E-state index in [9.17, 15) is 18.4 Å². The summed E-state index contributed by atoms with van der Waals surface area (Å²) in [7, 11) is 0. The summed E-state index contributed by atoms with van der Waals surface area (Å²) in [4.78, 5) is 41.8. The van der Waals surface area contributed by atoms with Gasteiger partial charge in [0.05, 0.1) is 29.5 Å². The molecule has 0 bridgehead atoms. The first-order valence-electron chi connectivity index (χ1n) is 15.5. The smallest absolute Gasteiger partial charge is 0.319 e. The average molecular weight is 699 g/mol. The molecule has 3 N–H and O–H groups in total. The molecular weight excluding hydrogens is 661 g/mol. The Morgan fingerprint density at radius 1 is 1.08 bits per heavy atom. The van der Waals surface area contributed by atoms with E-state index < -0.39 is 41.2 Å². The van der Waals surface area contributed by atoms with Crippen LogP contribution in [0.4, 0.5) is 13.2 Å². The molecule has 0 radical (unpaired) electrons. The topological polar surface area (TPSA) is 144 Å².